The molecule has 0 spiro atoms. The van der Waals surface area contributed by atoms with Gasteiger partial charge in [0.2, 0.25) is 9.84 Å². The van der Waals surface area contributed by atoms with E-state index in [1.54, 1.807) is 19.2 Å². The van der Waals surface area contributed by atoms with Gasteiger partial charge >= 0.3 is 6.03 Å². The number of para-hydroxylation sites is 1. The number of benzene rings is 1. The fourth-order valence-corrected chi connectivity index (χ4v) is 6.03. The first kappa shape index (κ1) is 16.3. The van der Waals surface area contributed by atoms with Gasteiger partial charge < -0.3 is 0 Å². The molecule has 1 aromatic carbocycles. The van der Waals surface area contributed by atoms with Crippen molar-refractivity contribution in [1.29, 1.82) is 0 Å². The van der Waals surface area contributed by atoms with Gasteiger partial charge in [0.15, 0.2) is 0 Å². The normalized spacial score (nSPS) is 25.2. The molecule has 2 bridgehead atoms. The lowest BCUT2D eigenvalue weighted by Gasteiger charge is -2.20. The molecule has 3 atom stereocenters. The number of aromatic nitrogens is 3. The average molecular weight is 360 g/mol. The smallest absolute Gasteiger partial charge is 0.296 e. The van der Waals surface area contributed by atoms with Gasteiger partial charge in [0.1, 0.15) is 6.33 Å². The SMILES string of the molecule is CN(C(=O)n1cnc(S(=O)(=O)[C@@H]2C[C@@H]3CC[C@H]2C3)n1)c1ccccc1. The Morgan fingerprint density at radius 1 is 1.20 bits per heavy atom. The molecule has 8 heteroatoms. The van der Waals surface area contributed by atoms with Crippen molar-refractivity contribution < 1.29 is 13.2 Å². The zero-order valence-corrected chi connectivity index (χ0v) is 14.8. The van der Waals surface area contributed by atoms with Crippen LogP contribution in [-0.2, 0) is 9.84 Å². The van der Waals surface area contributed by atoms with Gasteiger partial charge in [0.25, 0.3) is 5.16 Å². The molecule has 2 aliphatic rings. The molecule has 0 aliphatic heterocycles. The molecular weight excluding hydrogens is 340 g/mol. The predicted octanol–water partition coefficient (Wildman–Crippen LogP) is 2.34. The number of rotatable bonds is 3. The van der Waals surface area contributed by atoms with Crippen molar-refractivity contribution in [3.8, 4) is 0 Å². The summed E-state index contributed by atoms with van der Waals surface area (Å²) in [6.07, 6.45) is 4.95. The highest BCUT2D eigenvalue weighted by atomic mass is 32.2. The Bertz CT molecular complexity index is 894. The number of amides is 1. The molecule has 1 aromatic heterocycles. The van der Waals surface area contributed by atoms with Crippen LogP contribution in [0.3, 0.4) is 0 Å². The molecule has 7 nitrogen and oxygen atoms in total. The molecule has 2 fully saturated rings. The van der Waals surface area contributed by atoms with Crippen molar-refractivity contribution in [3.63, 3.8) is 0 Å². The third kappa shape index (κ3) is 2.74. The van der Waals surface area contributed by atoms with Crippen molar-refractivity contribution in [2.75, 3.05) is 11.9 Å². The predicted molar refractivity (Wildman–Crippen MR) is 92.1 cm³/mol. The first-order chi connectivity index (χ1) is 12.0. The van der Waals surface area contributed by atoms with Crippen LogP contribution in [0.25, 0.3) is 0 Å². The molecule has 4 rings (SSSR count). The van der Waals surface area contributed by atoms with Crippen LogP contribution in [0.4, 0.5) is 10.5 Å². The third-order valence-electron chi connectivity index (χ3n) is 5.42. The van der Waals surface area contributed by atoms with E-state index in [-0.39, 0.29) is 11.1 Å². The Hall–Kier alpha value is -2.22. The number of anilines is 1. The highest BCUT2D eigenvalue weighted by Gasteiger charge is 2.47. The lowest BCUT2D eigenvalue weighted by molar-refractivity contribution is 0.246. The van der Waals surface area contributed by atoms with Crippen LogP contribution in [0.5, 0.6) is 0 Å². The molecule has 2 aliphatic carbocycles. The number of fused-ring (bicyclic) bond motifs is 2. The van der Waals surface area contributed by atoms with Crippen molar-refractivity contribution in [2.24, 2.45) is 11.8 Å². The number of carbonyl (C=O) groups is 1. The van der Waals surface area contributed by atoms with Crippen LogP contribution in [-0.4, -0.2) is 41.5 Å². The summed E-state index contributed by atoms with van der Waals surface area (Å²) in [7, 11) is -1.97. The number of sulfone groups is 1. The summed E-state index contributed by atoms with van der Waals surface area (Å²) in [6, 6.07) is 8.64. The molecule has 1 amide bonds. The summed E-state index contributed by atoms with van der Waals surface area (Å²) in [5.41, 5.74) is 0.695. The van der Waals surface area contributed by atoms with E-state index in [9.17, 15) is 13.2 Å². The molecule has 0 unspecified atom stereocenters. The van der Waals surface area contributed by atoms with E-state index in [1.165, 1.54) is 11.2 Å². The van der Waals surface area contributed by atoms with Crippen LogP contribution < -0.4 is 4.90 Å². The maximum atomic E-state index is 12.8. The van der Waals surface area contributed by atoms with Gasteiger partial charge in [-0.15, -0.1) is 5.10 Å². The van der Waals surface area contributed by atoms with Gasteiger partial charge in [-0.1, -0.05) is 24.6 Å². The minimum Gasteiger partial charge on any atom is -0.296 e. The number of nitrogens with zero attached hydrogens (tertiary/aromatic N) is 4. The second-order valence-corrected chi connectivity index (χ2v) is 8.97. The third-order valence-corrected chi connectivity index (χ3v) is 7.49. The summed E-state index contributed by atoms with van der Waals surface area (Å²) < 4.78 is 26.7. The van der Waals surface area contributed by atoms with Crippen molar-refractivity contribution >= 4 is 21.6 Å². The zero-order valence-electron chi connectivity index (χ0n) is 13.9. The van der Waals surface area contributed by atoms with Crippen molar-refractivity contribution in [3.05, 3.63) is 36.7 Å². The second kappa shape index (κ2) is 5.94. The van der Waals surface area contributed by atoms with Crippen molar-refractivity contribution in [1.82, 2.24) is 14.8 Å². The van der Waals surface area contributed by atoms with Gasteiger partial charge in [0, 0.05) is 12.7 Å². The minimum absolute atomic E-state index is 0.213. The van der Waals surface area contributed by atoms with Gasteiger partial charge in [-0.3, -0.25) is 4.90 Å². The van der Waals surface area contributed by atoms with E-state index in [4.69, 9.17) is 0 Å². The first-order valence-corrected chi connectivity index (χ1v) is 10.00. The highest BCUT2D eigenvalue weighted by Crippen LogP contribution is 2.48. The maximum absolute atomic E-state index is 12.8. The molecular formula is C17H20N4O3S. The van der Waals surface area contributed by atoms with Crippen LogP contribution in [0.15, 0.2) is 41.8 Å². The summed E-state index contributed by atoms with van der Waals surface area (Å²) >= 11 is 0. The summed E-state index contributed by atoms with van der Waals surface area (Å²) in [5.74, 6) is 0.724. The van der Waals surface area contributed by atoms with E-state index < -0.39 is 21.1 Å². The lowest BCUT2D eigenvalue weighted by atomic mass is 10.0. The van der Waals surface area contributed by atoms with Crippen molar-refractivity contribution in [2.45, 2.75) is 36.1 Å². The summed E-state index contributed by atoms with van der Waals surface area (Å²) in [6.45, 7) is 0. The van der Waals surface area contributed by atoms with Crippen LogP contribution in [0.2, 0.25) is 0 Å². The quantitative estimate of drug-likeness (QED) is 0.839. The van der Waals surface area contributed by atoms with Gasteiger partial charge in [-0.25, -0.2) is 18.2 Å². The topological polar surface area (TPSA) is 85.2 Å². The first-order valence-electron chi connectivity index (χ1n) is 8.45. The Balaban J connectivity index is 1.57. The molecule has 0 N–H and O–H groups in total. The highest BCUT2D eigenvalue weighted by molar-refractivity contribution is 7.91. The Morgan fingerprint density at radius 3 is 2.60 bits per heavy atom. The molecule has 25 heavy (non-hydrogen) atoms. The van der Waals surface area contributed by atoms with E-state index in [0.717, 1.165) is 23.9 Å². The lowest BCUT2D eigenvalue weighted by Crippen LogP contribution is -2.32. The number of carbonyl (C=O) groups excluding carboxylic acids is 1. The van der Waals surface area contributed by atoms with E-state index in [1.807, 2.05) is 18.2 Å². The Morgan fingerprint density at radius 2 is 1.96 bits per heavy atom. The van der Waals surface area contributed by atoms with Crippen LogP contribution in [0.1, 0.15) is 25.7 Å². The fourth-order valence-electron chi connectivity index (χ4n) is 4.09. The van der Waals surface area contributed by atoms with Crippen LogP contribution >= 0.6 is 0 Å². The minimum atomic E-state index is -3.59. The molecule has 132 valence electrons. The Labute approximate surface area is 146 Å². The molecule has 0 saturated heterocycles. The van der Waals surface area contributed by atoms with Gasteiger partial charge in [-0.05, 0) is 43.2 Å². The number of hydrogen-bond donors (Lipinski definition) is 0. The number of hydrogen-bond acceptors (Lipinski definition) is 5. The van der Waals surface area contributed by atoms with E-state index in [0.29, 0.717) is 18.0 Å². The fraction of sp³-hybridized carbons (Fsp3) is 0.471. The molecule has 2 aromatic rings. The van der Waals surface area contributed by atoms with E-state index in [2.05, 4.69) is 10.1 Å². The van der Waals surface area contributed by atoms with Gasteiger partial charge in [-0.2, -0.15) is 4.68 Å². The second-order valence-electron chi connectivity index (χ2n) is 6.91. The largest absolute Gasteiger partial charge is 0.350 e. The van der Waals surface area contributed by atoms with Crippen LogP contribution in [0, 0.1) is 11.8 Å². The average Bonchev–Trinajstić information content (AvgIpc) is 3.37. The van der Waals surface area contributed by atoms with E-state index >= 15 is 0 Å². The molecule has 2 saturated carbocycles. The monoisotopic (exact) mass is 360 g/mol. The van der Waals surface area contributed by atoms with Gasteiger partial charge in [0.05, 0.1) is 5.25 Å². The Kier molecular flexibility index (Phi) is 3.87. The molecule has 1 heterocycles. The maximum Gasteiger partial charge on any atom is 0.350 e. The summed E-state index contributed by atoms with van der Waals surface area (Å²) in [5, 5.41) is 3.35. The molecule has 0 radical (unpaired) electrons. The standard InChI is InChI=1S/C17H20N4O3S/c1-20(14-5-3-2-4-6-14)17(22)21-11-18-16(19-21)25(23,24)15-10-12-7-8-13(15)9-12/h2-6,11-13,15H,7-10H2,1H3/t12-,13+,15-/m1/s1. The summed E-state index contributed by atoms with van der Waals surface area (Å²) in [4.78, 5) is 17.9. The zero-order chi connectivity index (χ0) is 17.6.